The topological polar surface area (TPSA) is 93.1 Å². The summed E-state index contributed by atoms with van der Waals surface area (Å²) < 4.78 is 0. The van der Waals surface area contributed by atoms with Crippen LogP contribution in [0.4, 0.5) is 16.2 Å². The fraction of sp³-hybridized carbons (Fsp3) is 0.429. The number of carboxylic acid groups (broad SMARTS) is 1. The number of aliphatic carboxylic acids is 1. The zero-order chi connectivity index (χ0) is 15.6. The molecule has 2 amide bonds. The predicted molar refractivity (Wildman–Crippen MR) is 78.5 cm³/mol. The molecule has 0 saturated carbocycles. The Hall–Kier alpha value is -2.28. The van der Waals surface area contributed by atoms with Gasteiger partial charge < -0.3 is 25.3 Å². The SMILES string of the molecule is CN(C)c1ccc(NC(=O)N2C[C@H](O)C[C@H]2C(=O)O)cc1. The summed E-state index contributed by atoms with van der Waals surface area (Å²) in [6, 6.07) is 5.69. The Bertz CT molecular complexity index is 530. The fourth-order valence-corrected chi connectivity index (χ4v) is 2.31. The summed E-state index contributed by atoms with van der Waals surface area (Å²) >= 11 is 0. The first-order chi connectivity index (χ1) is 9.88. The monoisotopic (exact) mass is 293 g/mol. The first-order valence-electron chi connectivity index (χ1n) is 6.64. The largest absolute Gasteiger partial charge is 0.480 e. The quantitative estimate of drug-likeness (QED) is 0.766. The highest BCUT2D eigenvalue weighted by molar-refractivity contribution is 5.93. The van der Waals surface area contributed by atoms with Crippen molar-refractivity contribution in [3.05, 3.63) is 24.3 Å². The first-order valence-corrected chi connectivity index (χ1v) is 6.64. The molecule has 0 unspecified atom stereocenters. The van der Waals surface area contributed by atoms with Crippen LogP contribution < -0.4 is 10.2 Å². The number of aliphatic hydroxyl groups excluding tert-OH is 1. The molecule has 7 nitrogen and oxygen atoms in total. The van der Waals surface area contributed by atoms with Crippen LogP contribution >= 0.6 is 0 Å². The summed E-state index contributed by atoms with van der Waals surface area (Å²) in [5, 5.41) is 21.3. The van der Waals surface area contributed by atoms with E-state index >= 15 is 0 Å². The number of hydrogen-bond acceptors (Lipinski definition) is 4. The normalized spacial score (nSPS) is 21.2. The number of amides is 2. The predicted octanol–water partition coefficient (Wildman–Crippen LogP) is 0.804. The van der Waals surface area contributed by atoms with Gasteiger partial charge in [-0.15, -0.1) is 0 Å². The number of benzene rings is 1. The average molecular weight is 293 g/mol. The number of nitrogens with zero attached hydrogens (tertiary/aromatic N) is 2. The smallest absolute Gasteiger partial charge is 0.326 e. The molecular formula is C14H19N3O4. The molecule has 114 valence electrons. The number of likely N-dealkylation sites (tertiary alicyclic amines) is 1. The van der Waals surface area contributed by atoms with Crippen LogP contribution in [0.5, 0.6) is 0 Å². The summed E-state index contributed by atoms with van der Waals surface area (Å²) in [6.45, 7) is 0.0264. The highest BCUT2D eigenvalue weighted by Crippen LogP contribution is 2.21. The molecule has 21 heavy (non-hydrogen) atoms. The molecule has 0 bridgehead atoms. The minimum atomic E-state index is -1.11. The number of rotatable bonds is 3. The third-order valence-electron chi connectivity index (χ3n) is 3.46. The Kier molecular flexibility index (Phi) is 4.32. The van der Waals surface area contributed by atoms with Gasteiger partial charge in [-0.3, -0.25) is 0 Å². The van der Waals surface area contributed by atoms with Crippen molar-refractivity contribution < 1.29 is 19.8 Å². The zero-order valence-corrected chi connectivity index (χ0v) is 12.0. The van der Waals surface area contributed by atoms with Crippen LogP contribution in [-0.4, -0.2) is 59.9 Å². The van der Waals surface area contributed by atoms with E-state index in [1.54, 1.807) is 12.1 Å². The van der Waals surface area contributed by atoms with Crippen molar-refractivity contribution in [2.24, 2.45) is 0 Å². The molecule has 0 aromatic heterocycles. The van der Waals surface area contributed by atoms with Crippen LogP contribution in [0.3, 0.4) is 0 Å². The van der Waals surface area contributed by atoms with Crippen LogP contribution in [0, 0.1) is 0 Å². The summed E-state index contributed by atoms with van der Waals surface area (Å²) in [6.07, 6.45) is -0.740. The van der Waals surface area contributed by atoms with E-state index in [2.05, 4.69) is 5.32 Å². The molecule has 1 aromatic carbocycles. The third kappa shape index (κ3) is 3.43. The van der Waals surface area contributed by atoms with E-state index in [4.69, 9.17) is 5.11 Å². The molecule has 1 aliphatic rings. The summed E-state index contributed by atoms with van der Waals surface area (Å²) in [5.74, 6) is -1.11. The van der Waals surface area contributed by atoms with E-state index in [0.29, 0.717) is 5.69 Å². The van der Waals surface area contributed by atoms with E-state index in [0.717, 1.165) is 10.6 Å². The minimum absolute atomic E-state index is 0.0264. The molecule has 1 saturated heterocycles. The maximum atomic E-state index is 12.1. The lowest BCUT2D eigenvalue weighted by Gasteiger charge is -2.21. The molecule has 2 atom stereocenters. The standard InChI is InChI=1S/C14H19N3O4/c1-16(2)10-5-3-9(4-6-10)15-14(21)17-8-11(18)7-12(17)13(19)20/h3-6,11-12,18H,7-8H2,1-2H3,(H,15,21)(H,19,20)/t11-,12+/m1/s1. The van der Waals surface area contributed by atoms with Crippen LogP contribution in [0.1, 0.15) is 6.42 Å². The maximum absolute atomic E-state index is 12.1. The Morgan fingerprint density at radius 1 is 1.29 bits per heavy atom. The van der Waals surface area contributed by atoms with Gasteiger partial charge in [0, 0.05) is 38.4 Å². The number of β-amino-alcohol motifs (C(OH)–C–C–N with tert-alkyl or cyclic N) is 1. The Morgan fingerprint density at radius 3 is 2.43 bits per heavy atom. The van der Waals surface area contributed by atoms with E-state index in [1.165, 1.54) is 0 Å². The molecule has 1 aromatic rings. The van der Waals surface area contributed by atoms with Crippen LogP contribution in [0.15, 0.2) is 24.3 Å². The van der Waals surface area contributed by atoms with Crippen molar-refractivity contribution in [3.63, 3.8) is 0 Å². The molecule has 7 heteroatoms. The molecule has 1 heterocycles. The van der Waals surface area contributed by atoms with Gasteiger partial charge in [-0.1, -0.05) is 0 Å². The van der Waals surface area contributed by atoms with Crippen molar-refractivity contribution >= 4 is 23.4 Å². The van der Waals surface area contributed by atoms with Gasteiger partial charge in [0.1, 0.15) is 6.04 Å². The van der Waals surface area contributed by atoms with E-state index in [9.17, 15) is 14.7 Å². The van der Waals surface area contributed by atoms with Gasteiger partial charge in [0.15, 0.2) is 0 Å². The molecule has 1 aliphatic heterocycles. The van der Waals surface area contributed by atoms with Crippen molar-refractivity contribution in [1.29, 1.82) is 0 Å². The molecule has 0 aliphatic carbocycles. The number of nitrogens with one attached hydrogen (secondary N) is 1. The number of carbonyl (C=O) groups is 2. The first kappa shape index (κ1) is 15.1. The Balaban J connectivity index is 2.05. The minimum Gasteiger partial charge on any atom is -0.480 e. The van der Waals surface area contributed by atoms with E-state index < -0.39 is 24.1 Å². The van der Waals surface area contributed by atoms with Crippen molar-refractivity contribution in [2.75, 3.05) is 30.9 Å². The lowest BCUT2D eigenvalue weighted by atomic mass is 10.2. The lowest BCUT2D eigenvalue weighted by Crippen LogP contribution is -2.43. The highest BCUT2D eigenvalue weighted by atomic mass is 16.4. The zero-order valence-electron chi connectivity index (χ0n) is 12.0. The Labute approximate surface area is 122 Å². The number of urea groups is 1. The summed E-state index contributed by atoms with van der Waals surface area (Å²) in [5.41, 5.74) is 1.57. The van der Waals surface area contributed by atoms with Gasteiger partial charge in [-0.05, 0) is 24.3 Å². The van der Waals surface area contributed by atoms with Crippen molar-refractivity contribution in [3.8, 4) is 0 Å². The molecule has 0 spiro atoms. The second kappa shape index (κ2) is 6.01. The molecule has 2 rings (SSSR count). The molecule has 3 N–H and O–H groups in total. The number of hydrogen-bond donors (Lipinski definition) is 3. The molecular weight excluding hydrogens is 274 g/mol. The summed E-state index contributed by atoms with van der Waals surface area (Å²) in [4.78, 5) is 26.3. The van der Waals surface area contributed by atoms with Gasteiger partial charge in [0.25, 0.3) is 0 Å². The second-order valence-corrected chi connectivity index (χ2v) is 5.27. The van der Waals surface area contributed by atoms with Crippen LogP contribution in [-0.2, 0) is 4.79 Å². The van der Waals surface area contributed by atoms with E-state index in [-0.39, 0.29) is 13.0 Å². The number of anilines is 2. The van der Waals surface area contributed by atoms with Gasteiger partial charge in [0.05, 0.1) is 6.10 Å². The Morgan fingerprint density at radius 2 is 1.90 bits per heavy atom. The van der Waals surface area contributed by atoms with Gasteiger partial charge in [-0.2, -0.15) is 0 Å². The van der Waals surface area contributed by atoms with Crippen LogP contribution in [0.25, 0.3) is 0 Å². The third-order valence-corrected chi connectivity index (χ3v) is 3.46. The molecule has 1 fully saturated rings. The highest BCUT2D eigenvalue weighted by Gasteiger charge is 2.38. The lowest BCUT2D eigenvalue weighted by molar-refractivity contribution is -0.141. The fourth-order valence-electron chi connectivity index (χ4n) is 2.31. The number of aliphatic hydroxyl groups is 1. The van der Waals surface area contributed by atoms with Crippen molar-refractivity contribution in [1.82, 2.24) is 4.90 Å². The van der Waals surface area contributed by atoms with Crippen molar-refractivity contribution in [2.45, 2.75) is 18.6 Å². The number of carboxylic acids is 1. The maximum Gasteiger partial charge on any atom is 0.326 e. The second-order valence-electron chi connectivity index (χ2n) is 5.27. The molecule has 0 radical (unpaired) electrons. The van der Waals surface area contributed by atoms with Gasteiger partial charge in [-0.25, -0.2) is 9.59 Å². The van der Waals surface area contributed by atoms with E-state index in [1.807, 2.05) is 31.1 Å². The number of carbonyl (C=O) groups excluding carboxylic acids is 1. The summed E-state index contributed by atoms with van der Waals surface area (Å²) in [7, 11) is 3.83. The average Bonchev–Trinajstić information content (AvgIpc) is 2.82. The van der Waals surface area contributed by atoms with Gasteiger partial charge >= 0.3 is 12.0 Å². The van der Waals surface area contributed by atoms with Crippen LogP contribution in [0.2, 0.25) is 0 Å². The van der Waals surface area contributed by atoms with Gasteiger partial charge in [0.2, 0.25) is 0 Å².